The zero-order valence-electron chi connectivity index (χ0n) is 8.98. The van der Waals surface area contributed by atoms with E-state index in [1.54, 1.807) is 0 Å². The zero-order valence-corrected chi connectivity index (χ0v) is 8.98. The first-order valence-corrected chi connectivity index (χ1v) is 5.67. The molecule has 0 amide bonds. The standard InChI is InChI=1S/C13H17NO/c15-10-4-6-12-5-3-7-13(11-12)14-8-1-2-9-14/h3,5,7,10-11H,1-2,4,6,8-9H2. The lowest BCUT2D eigenvalue weighted by molar-refractivity contribution is -0.107. The van der Waals surface area contributed by atoms with Crippen molar-refractivity contribution in [3.05, 3.63) is 29.8 Å². The SMILES string of the molecule is O=CCCc1cccc(N2CCCC2)c1. The summed E-state index contributed by atoms with van der Waals surface area (Å²) >= 11 is 0. The van der Waals surface area contributed by atoms with Gasteiger partial charge < -0.3 is 9.69 Å². The topological polar surface area (TPSA) is 20.3 Å². The van der Waals surface area contributed by atoms with Crippen LogP contribution < -0.4 is 4.90 Å². The van der Waals surface area contributed by atoms with Crippen molar-refractivity contribution < 1.29 is 4.79 Å². The van der Waals surface area contributed by atoms with E-state index in [0.717, 1.165) is 12.7 Å². The van der Waals surface area contributed by atoms with Crippen LogP contribution in [0.5, 0.6) is 0 Å². The van der Waals surface area contributed by atoms with E-state index in [1.165, 1.54) is 37.2 Å². The number of anilines is 1. The van der Waals surface area contributed by atoms with Crippen LogP contribution in [0.2, 0.25) is 0 Å². The molecule has 2 rings (SSSR count). The predicted molar refractivity (Wildman–Crippen MR) is 62.3 cm³/mol. The van der Waals surface area contributed by atoms with Crippen LogP contribution in [0.15, 0.2) is 24.3 Å². The summed E-state index contributed by atoms with van der Waals surface area (Å²) in [5.41, 5.74) is 2.59. The monoisotopic (exact) mass is 203 g/mol. The quantitative estimate of drug-likeness (QED) is 0.700. The highest BCUT2D eigenvalue weighted by atomic mass is 16.1. The maximum atomic E-state index is 10.3. The Bertz CT molecular complexity index is 329. The molecule has 0 aliphatic carbocycles. The van der Waals surface area contributed by atoms with E-state index in [2.05, 4.69) is 29.2 Å². The molecule has 2 nitrogen and oxygen atoms in total. The van der Waals surface area contributed by atoms with Crippen molar-refractivity contribution in [2.24, 2.45) is 0 Å². The number of aryl methyl sites for hydroxylation is 1. The Morgan fingerprint density at radius 1 is 1.27 bits per heavy atom. The largest absolute Gasteiger partial charge is 0.372 e. The second-order valence-corrected chi connectivity index (χ2v) is 4.07. The molecule has 15 heavy (non-hydrogen) atoms. The Balaban J connectivity index is 2.07. The summed E-state index contributed by atoms with van der Waals surface area (Å²) in [5, 5.41) is 0. The fourth-order valence-corrected chi connectivity index (χ4v) is 2.11. The Kier molecular flexibility index (Phi) is 3.38. The highest BCUT2D eigenvalue weighted by Gasteiger charge is 2.11. The van der Waals surface area contributed by atoms with Crippen molar-refractivity contribution in [3.63, 3.8) is 0 Å². The van der Waals surface area contributed by atoms with Gasteiger partial charge in [-0.2, -0.15) is 0 Å². The van der Waals surface area contributed by atoms with Gasteiger partial charge >= 0.3 is 0 Å². The summed E-state index contributed by atoms with van der Waals surface area (Å²) in [6.45, 7) is 2.36. The minimum Gasteiger partial charge on any atom is -0.372 e. The van der Waals surface area contributed by atoms with Gasteiger partial charge in [-0.15, -0.1) is 0 Å². The number of carbonyl (C=O) groups is 1. The van der Waals surface area contributed by atoms with Crippen molar-refractivity contribution in [2.45, 2.75) is 25.7 Å². The summed E-state index contributed by atoms with van der Waals surface area (Å²) < 4.78 is 0. The highest BCUT2D eigenvalue weighted by Crippen LogP contribution is 2.21. The van der Waals surface area contributed by atoms with Crippen molar-refractivity contribution in [1.29, 1.82) is 0 Å². The molecule has 1 aromatic carbocycles. The first kappa shape index (κ1) is 10.2. The van der Waals surface area contributed by atoms with Crippen molar-refractivity contribution in [3.8, 4) is 0 Å². The summed E-state index contributed by atoms with van der Waals surface area (Å²) in [5.74, 6) is 0. The number of hydrogen-bond donors (Lipinski definition) is 0. The molecule has 1 heterocycles. The van der Waals surface area contributed by atoms with E-state index < -0.39 is 0 Å². The lowest BCUT2D eigenvalue weighted by atomic mass is 10.1. The van der Waals surface area contributed by atoms with Gasteiger partial charge in [0.05, 0.1) is 0 Å². The van der Waals surface area contributed by atoms with Gasteiger partial charge in [-0.25, -0.2) is 0 Å². The van der Waals surface area contributed by atoms with E-state index in [4.69, 9.17) is 0 Å². The van der Waals surface area contributed by atoms with E-state index in [0.29, 0.717) is 6.42 Å². The molecule has 1 fully saturated rings. The van der Waals surface area contributed by atoms with Crippen LogP contribution in [0.3, 0.4) is 0 Å². The maximum Gasteiger partial charge on any atom is 0.120 e. The molecule has 80 valence electrons. The fraction of sp³-hybridized carbons (Fsp3) is 0.462. The molecule has 0 atom stereocenters. The fourth-order valence-electron chi connectivity index (χ4n) is 2.11. The van der Waals surface area contributed by atoms with Crippen molar-refractivity contribution in [2.75, 3.05) is 18.0 Å². The highest BCUT2D eigenvalue weighted by molar-refractivity contribution is 5.52. The minimum absolute atomic E-state index is 0.628. The van der Waals surface area contributed by atoms with Crippen LogP contribution in [0, 0.1) is 0 Å². The van der Waals surface area contributed by atoms with Gasteiger partial charge in [0, 0.05) is 25.2 Å². The third-order valence-corrected chi connectivity index (χ3v) is 2.93. The maximum absolute atomic E-state index is 10.3. The van der Waals surface area contributed by atoms with Crippen LogP contribution in [0.25, 0.3) is 0 Å². The van der Waals surface area contributed by atoms with E-state index in [9.17, 15) is 4.79 Å². The number of benzene rings is 1. The van der Waals surface area contributed by atoms with Crippen molar-refractivity contribution >= 4 is 12.0 Å². The molecule has 0 spiro atoms. The third kappa shape index (κ3) is 2.58. The van der Waals surface area contributed by atoms with Gasteiger partial charge in [-0.3, -0.25) is 0 Å². The minimum atomic E-state index is 0.628. The molecule has 1 aliphatic rings. The Morgan fingerprint density at radius 3 is 2.80 bits per heavy atom. The molecule has 2 heteroatoms. The normalized spacial score (nSPS) is 15.6. The smallest absolute Gasteiger partial charge is 0.120 e. The number of rotatable bonds is 4. The Hall–Kier alpha value is -1.31. The predicted octanol–water partition coefficient (Wildman–Crippen LogP) is 2.42. The Morgan fingerprint density at radius 2 is 2.07 bits per heavy atom. The lowest BCUT2D eigenvalue weighted by Crippen LogP contribution is -2.17. The second-order valence-electron chi connectivity index (χ2n) is 4.07. The van der Waals surface area contributed by atoms with Crippen LogP contribution in [0.1, 0.15) is 24.8 Å². The van der Waals surface area contributed by atoms with Crippen LogP contribution in [0.4, 0.5) is 5.69 Å². The molecule has 0 saturated carbocycles. The summed E-state index contributed by atoms with van der Waals surface area (Å²) in [6.07, 6.45) is 5.09. The summed E-state index contributed by atoms with van der Waals surface area (Å²) in [6, 6.07) is 8.57. The Labute approximate surface area is 90.9 Å². The zero-order chi connectivity index (χ0) is 10.5. The van der Waals surface area contributed by atoms with Gasteiger partial charge in [0.25, 0.3) is 0 Å². The lowest BCUT2D eigenvalue weighted by Gasteiger charge is -2.18. The van der Waals surface area contributed by atoms with Gasteiger partial charge in [0.15, 0.2) is 0 Å². The molecule has 0 aromatic heterocycles. The molecular formula is C13H17NO. The number of aldehydes is 1. The summed E-state index contributed by atoms with van der Waals surface area (Å²) in [7, 11) is 0. The van der Waals surface area contributed by atoms with E-state index in [1.807, 2.05) is 0 Å². The summed E-state index contributed by atoms with van der Waals surface area (Å²) in [4.78, 5) is 12.7. The third-order valence-electron chi connectivity index (χ3n) is 2.93. The number of nitrogens with zero attached hydrogens (tertiary/aromatic N) is 1. The van der Waals surface area contributed by atoms with Crippen LogP contribution in [-0.2, 0) is 11.2 Å². The molecule has 0 N–H and O–H groups in total. The molecule has 1 aliphatic heterocycles. The van der Waals surface area contributed by atoms with E-state index >= 15 is 0 Å². The van der Waals surface area contributed by atoms with Gasteiger partial charge in [-0.1, -0.05) is 12.1 Å². The van der Waals surface area contributed by atoms with Crippen LogP contribution in [-0.4, -0.2) is 19.4 Å². The second kappa shape index (κ2) is 4.96. The first-order chi connectivity index (χ1) is 7.40. The van der Waals surface area contributed by atoms with Gasteiger partial charge in [0.2, 0.25) is 0 Å². The van der Waals surface area contributed by atoms with Gasteiger partial charge in [0.1, 0.15) is 6.29 Å². The molecule has 0 bridgehead atoms. The number of carbonyl (C=O) groups excluding carboxylic acids is 1. The van der Waals surface area contributed by atoms with Crippen LogP contribution >= 0.6 is 0 Å². The molecule has 1 aromatic rings. The van der Waals surface area contributed by atoms with Crippen molar-refractivity contribution in [1.82, 2.24) is 0 Å². The molecule has 0 radical (unpaired) electrons. The van der Waals surface area contributed by atoms with Gasteiger partial charge in [-0.05, 0) is 37.0 Å². The average Bonchev–Trinajstić information content (AvgIpc) is 2.80. The first-order valence-electron chi connectivity index (χ1n) is 5.67. The molecule has 1 saturated heterocycles. The number of hydrogen-bond acceptors (Lipinski definition) is 2. The average molecular weight is 203 g/mol. The van der Waals surface area contributed by atoms with E-state index in [-0.39, 0.29) is 0 Å². The molecular weight excluding hydrogens is 186 g/mol. The molecule has 0 unspecified atom stereocenters.